The summed E-state index contributed by atoms with van der Waals surface area (Å²) >= 11 is 0. The second-order valence-electron chi connectivity index (χ2n) is 4.07. The van der Waals surface area contributed by atoms with E-state index in [-0.39, 0.29) is 0 Å². The molecule has 0 bridgehead atoms. The molecule has 0 aromatic heterocycles. The number of rotatable bonds is 14. The van der Waals surface area contributed by atoms with E-state index in [1.807, 2.05) is 41.5 Å². The van der Waals surface area contributed by atoms with E-state index in [0.29, 0.717) is 39.6 Å². The van der Waals surface area contributed by atoms with E-state index in [0.717, 1.165) is 0 Å². The molecule has 6 heteroatoms. The van der Waals surface area contributed by atoms with E-state index in [9.17, 15) is 0 Å². The zero-order valence-corrected chi connectivity index (χ0v) is 14.3. The molecule has 0 saturated carbocycles. The molecular formula is C15H32O6. The van der Waals surface area contributed by atoms with Gasteiger partial charge >= 0.3 is 0 Å². The minimum absolute atomic E-state index is 0.424. The summed E-state index contributed by atoms with van der Waals surface area (Å²) in [7, 11) is 0. The number of ether oxygens (including phenoxy) is 6. The molecule has 0 N–H and O–H groups in total. The molecule has 0 saturated heterocycles. The maximum atomic E-state index is 5.88. The van der Waals surface area contributed by atoms with Crippen LogP contribution >= 0.6 is 0 Å². The summed E-state index contributed by atoms with van der Waals surface area (Å²) in [5, 5.41) is 0. The molecule has 0 heterocycles. The number of hydrogen-bond acceptors (Lipinski definition) is 6. The first kappa shape index (κ1) is 20.8. The molecule has 128 valence electrons. The van der Waals surface area contributed by atoms with Crippen molar-refractivity contribution in [3.63, 3.8) is 0 Å². The maximum absolute atomic E-state index is 5.88. The summed E-state index contributed by atoms with van der Waals surface area (Å²) < 4.78 is 34.5. The largest absolute Gasteiger partial charge is 0.348 e. The minimum atomic E-state index is -1.25. The second-order valence-corrected chi connectivity index (χ2v) is 4.07. The summed E-state index contributed by atoms with van der Waals surface area (Å²) in [6.45, 7) is 14.1. The topological polar surface area (TPSA) is 55.4 Å². The number of hydrogen-bond donors (Lipinski definition) is 0. The third kappa shape index (κ3) is 6.18. The van der Waals surface area contributed by atoms with Crippen molar-refractivity contribution in [1.82, 2.24) is 0 Å². The molecule has 0 aromatic rings. The van der Waals surface area contributed by atoms with Crippen molar-refractivity contribution < 1.29 is 28.4 Å². The first-order chi connectivity index (χ1) is 10.2. The van der Waals surface area contributed by atoms with E-state index in [1.165, 1.54) is 0 Å². The summed E-state index contributed by atoms with van der Waals surface area (Å²) in [5.74, 6) is -1.25. The van der Waals surface area contributed by atoms with Gasteiger partial charge in [0.15, 0.2) is 0 Å². The van der Waals surface area contributed by atoms with Gasteiger partial charge in [0.2, 0.25) is 12.6 Å². The molecule has 0 rings (SSSR count). The first-order valence-electron chi connectivity index (χ1n) is 7.90. The normalized spacial score (nSPS) is 12.6. The van der Waals surface area contributed by atoms with Gasteiger partial charge in [-0.3, -0.25) is 0 Å². The summed E-state index contributed by atoms with van der Waals surface area (Å²) in [6, 6.07) is 0. The van der Waals surface area contributed by atoms with Gasteiger partial charge < -0.3 is 28.4 Å². The van der Waals surface area contributed by atoms with Crippen LogP contribution in [0.4, 0.5) is 0 Å². The van der Waals surface area contributed by atoms with E-state index in [4.69, 9.17) is 28.4 Å². The predicted octanol–water partition coefficient (Wildman–Crippen LogP) is 2.55. The standard InChI is InChI=1S/C15H32O6/c1-7-16-13(17-8-2)15(20-11-5,21-12-6)14(18-9-3)19-10-4/h13-14H,7-12H2,1-6H3. The Hall–Kier alpha value is -0.240. The molecule has 0 unspecified atom stereocenters. The van der Waals surface area contributed by atoms with Gasteiger partial charge in [-0.05, 0) is 41.5 Å². The molecule has 0 aromatic carbocycles. The van der Waals surface area contributed by atoms with Crippen LogP contribution in [0, 0.1) is 0 Å². The zero-order valence-electron chi connectivity index (χ0n) is 14.3. The Kier molecular flexibility index (Phi) is 12.2. The predicted molar refractivity (Wildman–Crippen MR) is 80.1 cm³/mol. The van der Waals surface area contributed by atoms with Gasteiger partial charge in [0.25, 0.3) is 5.79 Å². The van der Waals surface area contributed by atoms with Crippen LogP contribution in [-0.2, 0) is 28.4 Å². The highest BCUT2D eigenvalue weighted by Gasteiger charge is 2.51. The van der Waals surface area contributed by atoms with Gasteiger partial charge in [-0.2, -0.15) is 0 Å². The van der Waals surface area contributed by atoms with Gasteiger partial charge in [-0.25, -0.2) is 0 Å². The molecule has 0 spiro atoms. The molecule has 6 nitrogen and oxygen atoms in total. The van der Waals surface area contributed by atoms with Crippen LogP contribution in [0.1, 0.15) is 41.5 Å². The average molecular weight is 308 g/mol. The lowest BCUT2D eigenvalue weighted by Gasteiger charge is -2.42. The van der Waals surface area contributed by atoms with E-state index >= 15 is 0 Å². The third-order valence-corrected chi connectivity index (χ3v) is 2.67. The van der Waals surface area contributed by atoms with Gasteiger partial charge in [-0.15, -0.1) is 0 Å². The highest BCUT2D eigenvalue weighted by molar-refractivity contribution is 4.80. The fourth-order valence-electron chi connectivity index (χ4n) is 2.04. The Labute approximate surface area is 129 Å². The Morgan fingerprint density at radius 3 is 1.00 bits per heavy atom. The van der Waals surface area contributed by atoms with Crippen LogP contribution in [0.3, 0.4) is 0 Å². The van der Waals surface area contributed by atoms with Crippen LogP contribution in [0.25, 0.3) is 0 Å². The lowest BCUT2D eigenvalue weighted by atomic mass is 10.2. The summed E-state index contributed by atoms with van der Waals surface area (Å²) in [6.07, 6.45) is -1.45. The second kappa shape index (κ2) is 12.3. The maximum Gasteiger partial charge on any atom is 0.273 e. The smallest absolute Gasteiger partial charge is 0.273 e. The first-order valence-corrected chi connectivity index (χ1v) is 7.90. The molecule has 0 aliphatic rings. The van der Waals surface area contributed by atoms with E-state index < -0.39 is 18.4 Å². The third-order valence-electron chi connectivity index (χ3n) is 2.67. The van der Waals surface area contributed by atoms with Crippen LogP contribution < -0.4 is 0 Å². The molecule has 0 atom stereocenters. The van der Waals surface area contributed by atoms with Crippen molar-refractivity contribution >= 4 is 0 Å². The van der Waals surface area contributed by atoms with Crippen molar-refractivity contribution in [2.75, 3.05) is 39.6 Å². The molecule has 0 amide bonds. The van der Waals surface area contributed by atoms with Crippen molar-refractivity contribution in [1.29, 1.82) is 0 Å². The Bertz CT molecular complexity index is 200. The van der Waals surface area contributed by atoms with Gasteiger partial charge in [-0.1, -0.05) is 0 Å². The lowest BCUT2D eigenvalue weighted by molar-refractivity contribution is -0.419. The van der Waals surface area contributed by atoms with Gasteiger partial charge in [0, 0.05) is 39.6 Å². The zero-order chi connectivity index (χ0) is 16.1. The van der Waals surface area contributed by atoms with Crippen LogP contribution in [0.15, 0.2) is 0 Å². The van der Waals surface area contributed by atoms with Crippen LogP contribution in [-0.4, -0.2) is 58.0 Å². The highest BCUT2D eigenvalue weighted by atomic mass is 16.8. The Morgan fingerprint density at radius 1 is 0.524 bits per heavy atom. The molecule has 0 aliphatic heterocycles. The van der Waals surface area contributed by atoms with Crippen molar-refractivity contribution in [3.8, 4) is 0 Å². The van der Waals surface area contributed by atoms with Crippen molar-refractivity contribution in [2.45, 2.75) is 59.9 Å². The fourth-order valence-corrected chi connectivity index (χ4v) is 2.04. The molecule has 0 radical (unpaired) electrons. The SMILES string of the molecule is CCOC(OCC)C(OCC)(OCC)C(OCC)OCC. The summed E-state index contributed by atoms with van der Waals surface area (Å²) in [5.41, 5.74) is 0. The quantitative estimate of drug-likeness (QED) is 0.460. The Morgan fingerprint density at radius 2 is 0.810 bits per heavy atom. The molecule has 0 fully saturated rings. The lowest BCUT2D eigenvalue weighted by Crippen LogP contribution is -2.60. The molecule has 0 aliphatic carbocycles. The van der Waals surface area contributed by atoms with E-state index in [2.05, 4.69) is 0 Å². The Balaban J connectivity index is 5.50. The van der Waals surface area contributed by atoms with Crippen molar-refractivity contribution in [3.05, 3.63) is 0 Å². The average Bonchev–Trinajstić information content (AvgIpc) is 2.46. The van der Waals surface area contributed by atoms with Crippen LogP contribution in [0.5, 0.6) is 0 Å². The highest BCUT2D eigenvalue weighted by Crippen LogP contribution is 2.30. The van der Waals surface area contributed by atoms with Crippen molar-refractivity contribution in [2.24, 2.45) is 0 Å². The van der Waals surface area contributed by atoms with Gasteiger partial charge in [0.05, 0.1) is 0 Å². The monoisotopic (exact) mass is 308 g/mol. The fraction of sp³-hybridized carbons (Fsp3) is 1.00. The van der Waals surface area contributed by atoms with E-state index in [1.54, 1.807) is 0 Å². The summed E-state index contributed by atoms with van der Waals surface area (Å²) in [4.78, 5) is 0. The van der Waals surface area contributed by atoms with Gasteiger partial charge in [0.1, 0.15) is 0 Å². The van der Waals surface area contributed by atoms with Crippen LogP contribution in [0.2, 0.25) is 0 Å². The molecule has 21 heavy (non-hydrogen) atoms. The molecular weight excluding hydrogens is 276 g/mol. The minimum Gasteiger partial charge on any atom is -0.348 e.